The van der Waals surface area contributed by atoms with E-state index < -0.39 is 28.2 Å². The summed E-state index contributed by atoms with van der Waals surface area (Å²) in [5.74, 6) is -1.61. The standard InChI is InChI=1S/C48H34N4O7/c53-39-25-24-32(26-40(39)54)46-45(57)44(56)43-41(55)27-36(28-42(43)59-46)58-29-30-20-22-31(23-21-30)37-18-10-11-19-38(37)47-49-51-52(50-47)48(33-12-4-1-5-13-33,34-14-6-2-7-15-34)35-16-8-3-9-17-35/h1-28,53-55,57H,29H2. The van der Waals surface area contributed by atoms with Crippen LogP contribution in [0.4, 0.5) is 0 Å². The van der Waals surface area contributed by atoms with Crippen LogP contribution in [0.3, 0.4) is 0 Å². The Bertz CT molecular complexity index is 2910. The first kappa shape index (κ1) is 36.5. The minimum absolute atomic E-state index is 0.0450. The Morgan fingerprint density at radius 3 is 1.78 bits per heavy atom. The van der Waals surface area contributed by atoms with Gasteiger partial charge < -0.3 is 29.6 Å². The topological polar surface area (TPSA) is 164 Å². The van der Waals surface area contributed by atoms with E-state index in [2.05, 4.69) is 41.5 Å². The number of aromatic hydroxyl groups is 4. The van der Waals surface area contributed by atoms with Crippen molar-refractivity contribution < 1.29 is 29.6 Å². The van der Waals surface area contributed by atoms with Gasteiger partial charge in [0, 0.05) is 23.3 Å². The lowest BCUT2D eigenvalue weighted by Crippen LogP contribution is -2.39. The van der Waals surface area contributed by atoms with Gasteiger partial charge in [0.15, 0.2) is 22.8 Å². The Morgan fingerprint density at radius 1 is 0.593 bits per heavy atom. The van der Waals surface area contributed by atoms with Gasteiger partial charge >= 0.3 is 0 Å². The number of nitrogens with zero attached hydrogens (tertiary/aromatic N) is 4. The number of benzene rings is 7. The first-order chi connectivity index (χ1) is 28.8. The molecular formula is C48H34N4O7. The molecule has 0 unspecified atom stereocenters. The third-order valence-corrected chi connectivity index (χ3v) is 10.3. The van der Waals surface area contributed by atoms with Crippen LogP contribution >= 0.6 is 0 Å². The first-order valence-corrected chi connectivity index (χ1v) is 18.6. The van der Waals surface area contributed by atoms with Crippen LogP contribution in [0.15, 0.2) is 179 Å². The van der Waals surface area contributed by atoms with E-state index in [1.54, 1.807) is 4.80 Å². The quantitative estimate of drug-likeness (QED) is 0.0778. The van der Waals surface area contributed by atoms with Gasteiger partial charge in [0.2, 0.25) is 17.0 Å². The van der Waals surface area contributed by atoms with E-state index in [9.17, 15) is 25.2 Å². The van der Waals surface area contributed by atoms with Gasteiger partial charge in [0.25, 0.3) is 0 Å². The highest BCUT2D eigenvalue weighted by atomic mass is 16.5. The van der Waals surface area contributed by atoms with Crippen molar-refractivity contribution in [2.75, 3.05) is 0 Å². The molecule has 9 aromatic rings. The van der Waals surface area contributed by atoms with Gasteiger partial charge in [-0.3, -0.25) is 4.79 Å². The van der Waals surface area contributed by atoms with Gasteiger partial charge in [-0.25, -0.2) is 0 Å². The SMILES string of the molecule is O=c1c(O)c(-c2ccc(O)c(O)c2)oc2cc(OCc3ccc(-c4ccccc4-c4nnn(C(c5ccccc5)(c5ccccc5)c5ccccc5)n4)cc3)cc(O)c12. The second-order valence-corrected chi connectivity index (χ2v) is 13.9. The lowest BCUT2D eigenvalue weighted by molar-refractivity contribution is 0.304. The zero-order valence-corrected chi connectivity index (χ0v) is 31.2. The molecule has 288 valence electrons. The third kappa shape index (κ3) is 6.56. The Hall–Kier alpha value is -8.18. The van der Waals surface area contributed by atoms with Crippen molar-refractivity contribution in [2.24, 2.45) is 0 Å². The van der Waals surface area contributed by atoms with Crippen LogP contribution in [0.2, 0.25) is 0 Å². The highest BCUT2D eigenvalue weighted by Gasteiger charge is 2.41. The highest BCUT2D eigenvalue weighted by molar-refractivity contribution is 5.88. The fourth-order valence-electron chi connectivity index (χ4n) is 7.43. The van der Waals surface area contributed by atoms with Gasteiger partial charge in [0.1, 0.15) is 29.1 Å². The van der Waals surface area contributed by atoms with Crippen molar-refractivity contribution >= 4 is 11.0 Å². The summed E-state index contributed by atoms with van der Waals surface area (Å²) in [6, 6.07) is 52.7. The molecule has 0 fully saturated rings. The van der Waals surface area contributed by atoms with E-state index in [1.165, 1.54) is 24.3 Å². The number of hydrogen-bond donors (Lipinski definition) is 4. The predicted octanol–water partition coefficient (Wildman–Crippen LogP) is 9.02. The zero-order valence-electron chi connectivity index (χ0n) is 31.2. The van der Waals surface area contributed by atoms with E-state index in [0.717, 1.165) is 45.0 Å². The molecule has 11 heteroatoms. The molecule has 2 aromatic heterocycles. The Morgan fingerprint density at radius 2 is 1.17 bits per heavy atom. The predicted molar refractivity (Wildman–Crippen MR) is 222 cm³/mol. The third-order valence-electron chi connectivity index (χ3n) is 10.3. The van der Waals surface area contributed by atoms with Gasteiger partial charge in [-0.2, -0.15) is 0 Å². The van der Waals surface area contributed by atoms with Gasteiger partial charge in [-0.05, 0) is 56.8 Å². The molecule has 0 radical (unpaired) electrons. The van der Waals surface area contributed by atoms with E-state index in [0.29, 0.717) is 5.82 Å². The summed E-state index contributed by atoms with van der Waals surface area (Å²) in [5, 5.41) is 55.3. The molecule has 11 nitrogen and oxygen atoms in total. The highest BCUT2D eigenvalue weighted by Crippen LogP contribution is 2.41. The largest absolute Gasteiger partial charge is 0.507 e. The molecule has 0 aliphatic carbocycles. The minimum Gasteiger partial charge on any atom is -0.507 e. The molecule has 59 heavy (non-hydrogen) atoms. The van der Waals surface area contributed by atoms with Crippen LogP contribution in [-0.2, 0) is 12.1 Å². The van der Waals surface area contributed by atoms with Crippen LogP contribution in [0.5, 0.6) is 28.7 Å². The zero-order chi connectivity index (χ0) is 40.5. The lowest BCUT2D eigenvalue weighted by atomic mass is 9.77. The number of fused-ring (bicyclic) bond motifs is 1. The summed E-state index contributed by atoms with van der Waals surface area (Å²) < 4.78 is 11.9. The number of phenolic OH excluding ortho intramolecular Hbond substituents is 3. The summed E-state index contributed by atoms with van der Waals surface area (Å²) in [6.45, 7) is 0.115. The average Bonchev–Trinajstić information content (AvgIpc) is 3.77. The molecule has 0 aliphatic heterocycles. The Balaban J connectivity index is 1.01. The van der Waals surface area contributed by atoms with E-state index in [-0.39, 0.29) is 40.4 Å². The maximum Gasteiger partial charge on any atom is 0.238 e. The summed E-state index contributed by atoms with van der Waals surface area (Å²) in [4.78, 5) is 14.7. The molecule has 4 N–H and O–H groups in total. The van der Waals surface area contributed by atoms with E-state index in [4.69, 9.17) is 19.5 Å². The molecule has 0 aliphatic rings. The average molecular weight is 779 g/mol. The fourth-order valence-corrected chi connectivity index (χ4v) is 7.43. The lowest BCUT2D eigenvalue weighted by Gasteiger charge is -2.34. The van der Waals surface area contributed by atoms with Crippen molar-refractivity contribution in [3.63, 3.8) is 0 Å². The molecule has 9 rings (SSSR count). The summed E-state index contributed by atoms with van der Waals surface area (Å²) in [6.07, 6.45) is 0. The molecule has 7 aromatic carbocycles. The van der Waals surface area contributed by atoms with Crippen LogP contribution in [0.1, 0.15) is 22.3 Å². The smallest absolute Gasteiger partial charge is 0.238 e. The number of phenols is 3. The molecular weight excluding hydrogens is 745 g/mol. The van der Waals surface area contributed by atoms with Crippen LogP contribution in [-0.4, -0.2) is 40.6 Å². The van der Waals surface area contributed by atoms with Crippen molar-refractivity contribution in [1.29, 1.82) is 0 Å². The molecule has 0 saturated carbocycles. The molecule has 2 heterocycles. The van der Waals surface area contributed by atoms with Crippen LogP contribution in [0, 0.1) is 0 Å². The summed E-state index contributed by atoms with van der Waals surface area (Å²) in [7, 11) is 0. The Kier molecular flexibility index (Phi) is 9.30. The number of hydrogen-bond acceptors (Lipinski definition) is 10. The molecule has 0 amide bonds. The fraction of sp³-hybridized carbons (Fsp3) is 0.0417. The van der Waals surface area contributed by atoms with Gasteiger partial charge in [0.05, 0.1) is 0 Å². The van der Waals surface area contributed by atoms with Gasteiger partial charge in [-0.15, -0.1) is 15.0 Å². The van der Waals surface area contributed by atoms with E-state index >= 15 is 0 Å². The molecule has 0 atom stereocenters. The van der Waals surface area contributed by atoms with Crippen molar-refractivity contribution in [3.05, 3.63) is 202 Å². The summed E-state index contributed by atoms with van der Waals surface area (Å²) >= 11 is 0. The molecule has 0 bridgehead atoms. The molecule has 0 saturated heterocycles. The van der Waals surface area contributed by atoms with Crippen LogP contribution in [0.25, 0.3) is 44.8 Å². The molecule has 0 spiro atoms. The van der Waals surface area contributed by atoms with Crippen molar-refractivity contribution in [2.45, 2.75) is 12.1 Å². The van der Waals surface area contributed by atoms with E-state index in [1.807, 2.05) is 103 Å². The number of aromatic nitrogens is 4. The van der Waals surface area contributed by atoms with Crippen LogP contribution < -0.4 is 10.2 Å². The minimum atomic E-state index is -0.917. The monoisotopic (exact) mass is 778 g/mol. The summed E-state index contributed by atoms with van der Waals surface area (Å²) in [5.41, 5.74) is 4.70. The second-order valence-electron chi connectivity index (χ2n) is 13.9. The second kappa shape index (κ2) is 15.1. The Labute approximate surface area is 336 Å². The number of ether oxygens (including phenoxy) is 1. The maximum absolute atomic E-state index is 13.0. The number of tetrazole rings is 1. The number of rotatable bonds is 10. The van der Waals surface area contributed by atoms with Crippen molar-refractivity contribution in [3.8, 4) is 62.6 Å². The maximum atomic E-state index is 13.0. The first-order valence-electron chi connectivity index (χ1n) is 18.6. The normalized spacial score (nSPS) is 11.5. The van der Waals surface area contributed by atoms with Gasteiger partial charge in [-0.1, -0.05) is 140 Å². The van der Waals surface area contributed by atoms with Crippen molar-refractivity contribution in [1.82, 2.24) is 20.2 Å².